The summed E-state index contributed by atoms with van der Waals surface area (Å²) in [4.78, 5) is 45.2. The number of aromatic nitrogens is 2. The second kappa shape index (κ2) is 11.1. The van der Waals surface area contributed by atoms with Gasteiger partial charge in [0.15, 0.2) is 11.8 Å². The number of hydrogen-bond acceptors (Lipinski definition) is 9. The Kier molecular flexibility index (Phi) is 8.79. The van der Waals surface area contributed by atoms with Crippen LogP contribution in [0.1, 0.15) is 45.5 Å². The number of aryl methyl sites for hydroxylation is 3. The van der Waals surface area contributed by atoms with Gasteiger partial charge in [0.05, 0.1) is 11.6 Å². The summed E-state index contributed by atoms with van der Waals surface area (Å²) in [6.45, 7) is 7.14. The number of amides is 1. The Morgan fingerprint density at radius 3 is 2.40 bits per heavy atom. The molecule has 0 aliphatic rings. The van der Waals surface area contributed by atoms with Gasteiger partial charge >= 0.3 is 11.9 Å². The average molecular weight is 452 g/mol. The van der Waals surface area contributed by atoms with E-state index in [0.717, 1.165) is 28.3 Å². The molecule has 10 heteroatoms. The maximum atomic E-state index is 12.1. The molecule has 2 aromatic rings. The maximum absolute atomic E-state index is 12.1. The second-order valence-corrected chi connectivity index (χ2v) is 8.24. The standard InChI is InChI=1S/C20H25N3O5S2/c1-6-27-19(26)18-11(2)9-16(30-18)23-15(24)10-28-17(25)8-7-14-12(3)21-20(29-5)22-13(14)4/h9H,6-8,10H2,1-5H3,(H,23,24). The molecule has 0 aliphatic heterocycles. The molecule has 0 atom stereocenters. The van der Waals surface area contributed by atoms with Gasteiger partial charge in [0.2, 0.25) is 0 Å². The Morgan fingerprint density at radius 2 is 1.80 bits per heavy atom. The molecular weight excluding hydrogens is 426 g/mol. The molecule has 0 unspecified atom stereocenters. The van der Waals surface area contributed by atoms with Gasteiger partial charge in [0.1, 0.15) is 4.88 Å². The number of nitrogens with one attached hydrogen (secondary N) is 1. The summed E-state index contributed by atoms with van der Waals surface area (Å²) in [7, 11) is 0. The molecule has 162 valence electrons. The van der Waals surface area contributed by atoms with Gasteiger partial charge in [-0.25, -0.2) is 14.8 Å². The average Bonchev–Trinajstić information content (AvgIpc) is 3.05. The summed E-state index contributed by atoms with van der Waals surface area (Å²) in [6, 6.07) is 1.68. The van der Waals surface area contributed by atoms with Crippen LogP contribution in [0.3, 0.4) is 0 Å². The summed E-state index contributed by atoms with van der Waals surface area (Å²) in [5, 5.41) is 3.82. The van der Waals surface area contributed by atoms with Gasteiger partial charge in [0.25, 0.3) is 5.91 Å². The van der Waals surface area contributed by atoms with Crippen LogP contribution in [0.5, 0.6) is 0 Å². The van der Waals surface area contributed by atoms with Crippen LogP contribution in [0.25, 0.3) is 0 Å². The first kappa shape index (κ1) is 23.8. The lowest BCUT2D eigenvalue weighted by molar-refractivity contribution is -0.147. The van der Waals surface area contributed by atoms with Gasteiger partial charge in [-0.05, 0) is 57.6 Å². The lowest BCUT2D eigenvalue weighted by atomic mass is 10.1. The van der Waals surface area contributed by atoms with Crippen LogP contribution < -0.4 is 5.32 Å². The number of esters is 2. The Bertz CT molecular complexity index is 920. The van der Waals surface area contributed by atoms with Crippen molar-refractivity contribution in [2.75, 3.05) is 24.8 Å². The minimum Gasteiger partial charge on any atom is -0.462 e. The Morgan fingerprint density at radius 1 is 1.13 bits per heavy atom. The van der Waals surface area contributed by atoms with Crippen LogP contribution in [-0.2, 0) is 25.5 Å². The summed E-state index contributed by atoms with van der Waals surface area (Å²) < 4.78 is 10.0. The summed E-state index contributed by atoms with van der Waals surface area (Å²) >= 11 is 2.59. The highest BCUT2D eigenvalue weighted by atomic mass is 32.2. The van der Waals surface area contributed by atoms with E-state index in [4.69, 9.17) is 9.47 Å². The number of thioether (sulfide) groups is 1. The Labute approximate surface area is 183 Å². The van der Waals surface area contributed by atoms with E-state index in [1.54, 1.807) is 19.9 Å². The summed E-state index contributed by atoms with van der Waals surface area (Å²) in [6.07, 6.45) is 2.48. The van der Waals surface area contributed by atoms with Gasteiger partial charge in [0, 0.05) is 17.8 Å². The number of ether oxygens (including phenoxy) is 2. The third-order valence-electron chi connectivity index (χ3n) is 4.17. The summed E-state index contributed by atoms with van der Waals surface area (Å²) in [5.41, 5.74) is 3.30. The van der Waals surface area contributed by atoms with E-state index in [-0.39, 0.29) is 13.0 Å². The largest absolute Gasteiger partial charge is 0.462 e. The van der Waals surface area contributed by atoms with Gasteiger partial charge < -0.3 is 14.8 Å². The third-order valence-corrected chi connectivity index (χ3v) is 5.85. The monoisotopic (exact) mass is 451 g/mol. The molecule has 0 aliphatic carbocycles. The summed E-state index contributed by atoms with van der Waals surface area (Å²) in [5.74, 6) is -1.38. The van der Waals surface area contributed by atoms with Crippen molar-refractivity contribution in [1.82, 2.24) is 9.97 Å². The minimum absolute atomic E-state index is 0.127. The molecule has 0 radical (unpaired) electrons. The highest BCUT2D eigenvalue weighted by molar-refractivity contribution is 7.98. The number of hydrogen-bond donors (Lipinski definition) is 1. The highest BCUT2D eigenvalue weighted by Gasteiger charge is 2.17. The van der Waals surface area contributed by atoms with Gasteiger partial charge in [-0.15, -0.1) is 11.3 Å². The van der Waals surface area contributed by atoms with Crippen LogP contribution in [0.4, 0.5) is 5.00 Å². The van der Waals surface area contributed by atoms with Crippen molar-refractivity contribution in [2.24, 2.45) is 0 Å². The van der Waals surface area contributed by atoms with E-state index in [0.29, 0.717) is 27.0 Å². The second-order valence-electron chi connectivity index (χ2n) is 6.41. The predicted molar refractivity (Wildman–Crippen MR) is 116 cm³/mol. The smallest absolute Gasteiger partial charge is 0.348 e. The number of carbonyl (C=O) groups excluding carboxylic acids is 3. The fourth-order valence-electron chi connectivity index (χ4n) is 2.72. The fraction of sp³-hybridized carbons (Fsp3) is 0.450. The first-order chi connectivity index (χ1) is 14.2. The Balaban J connectivity index is 1.83. The van der Waals surface area contributed by atoms with Gasteiger partial charge in [-0.3, -0.25) is 9.59 Å². The first-order valence-corrected chi connectivity index (χ1v) is 11.4. The fourth-order valence-corrected chi connectivity index (χ4v) is 4.16. The zero-order valence-electron chi connectivity index (χ0n) is 17.7. The number of anilines is 1. The molecule has 0 saturated carbocycles. The molecule has 8 nitrogen and oxygen atoms in total. The quantitative estimate of drug-likeness (QED) is 0.351. The molecule has 2 rings (SSSR count). The number of thiophene rings is 1. The molecule has 0 saturated heterocycles. The van der Waals surface area contributed by atoms with Gasteiger partial charge in [-0.1, -0.05) is 11.8 Å². The van der Waals surface area contributed by atoms with E-state index in [1.165, 1.54) is 11.8 Å². The van der Waals surface area contributed by atoms with Crippen LogP contribution in [-0.4, -0.2) is 47.3 Å². The van der Waals surface area contributed by atoms with Crippen molar-refractivity contribution in [2.45, 2.75) is 45.7 Å². The molecular formula is C20H25N3O5S2. The number of carbonyl (C=O) groups is 3. The zero-order valence-corrected chi connectivity index (χ0v) is 19.3. The van der Waals surface area contributed by atoms with E-state index in [9.17, 15) is 14.4 Å². The molecule has 0 bridgehead atoms. The van der Waals surface area contributed by atoms with Crippen LogP contribution in [0, 0.1) is 20.8 Å². The van der Waals surface area contributed by atoms with Crippen molar-refractivity contribution >= 4 is 45.9 Å². The predicted octanol–water partition coefficient (Wildman–Crippen LogP) is 3.48. The van der Waals surface area contributed by atoms with Crippen molar-refractivity contribution in [3.63, 3.8) is 0 Å². The maximum Gasteiger partial charge on any atom is 0.348 e. The normalized spacial score (nSPS) is 10.6. The molecule has 0 fully saturated rings. The van der Waals surface area contributed by atoms with Crippen LogP contribution >= 0.6 is 23.1 Å². The molecule has 2 aromatic heterocycles. The molecule has 30 heavy (non-hydrogen) atoms. The van der Waals surface area contributed by atoms with E-state index < -0.39 is 24.5 Å². The van der Waals surface area contributed by atoms with E-state index >= 15 is 0 Å². The zero-order chi connectivity index (χ0) is 22.3. The number of nitrogens with zero attached hydrogens (tertiary/aromatic N) is 2. The lowest BCUT2D eigenvalue weighted by Crippen LogP contribution is -2.20. The van der Waals surface area contributed by atoms with Crippen molar-refractivity contribution in [3.8, 4) is 0 Å². The Hall–Kier alpha value is -2.46. The topological polar surface area (TPSA) is 107 Å². The van der Waals surface area contributed by atoms with E-state index in [2.05, 4.69) is 15.3 Å². The molecule has 1 amide bonds. The highest BCUT2D eigenvalue weighted by Crippen LogP contribution is 2.27. The third kappa shape index (κ3) is 6.53. The molecule has 2 heterocycles. The first-order valence-electron chi connectivity index (χ1n) is 9.36. The lowest BCUT2D eigenvalue weighted by Gasteiger charge is -2.10. The molecule has 0 spiro atoms. The van der Waals surface area contributed by atoms with Crippen molar-refractivity contribution < 1.29 is 23.9 Å². The van der Waals surface area contributed by atoms with E-state index in [1.807, 2.05) is 20.1 Å². The number of rotatable bonds is 9. The van der Waals surface area contributed by atoms with Gasteiger partial charge in [-0.2, -0.15) is 0 Å². The molecule has 0 aromatic carbocycles. The SMILES string of the molecule is CCOC(=O)c1sc(NC(=O)COC(=O)CCc2c(C)nc(SC)nc2C)cc1C. The molecule has 1 N–H and O–H groups in total. The van der Waals surface area contributed by atoms with Crippen molar-refractivity contribution in [1.29, 1.82) is 0 Å². The van der Waals surface area contributed by atoms with Crippen LogP contribution in [0.15, 0.2) is 11.2 Å². The van der Waals surface area contributed by atoms with Crippen LogP contribution in [0.2, 0.25) is 0 Å². The minimum atomic E-state index is -0.479. The van der Waals surface area contributed by atoms with Crippen molar-refractivity contribution in [3.05, 3.63) is 33.5 Å².